The molecule has 2 heterocycles. The summed E-state index contributed by atoms with van der Waals surface area (Å²) in [4.78, 5) is 0. The lowest BCUT2D eigenvalue weighted by Crippen LogP contribution is -2.42. The van der Waals surface area contributed by atoms with Crippen LogP contribution in [0.4, 0.5) is 5.69 Å². The average molecular weight is 294 g/mol. The van der Waals surface area contributed by atoms with E-state index < -0.39 is 0 Å². The van der Waals surface area contributed by atoms with E-state index in [9.17, 15) is 0 Å². The van der Waals surface area contributed by atoms with Crippen molar-refractivity contribution in [1.29, 1.82) is 0 Å². The number of anilines is 1. The number of hydrogen-bond acceptors (Lipinski definition) is 4. The molecule has 20 heavy (non-hydrogen) atoms. The zero-order valence-electron chi connectivity index (χ0n) is 11.3. The van der Waals surface area contributed by atoms with E-state index >= 15 is 0 Å². The summed E-state index contributed by atoms with van der Waals surface area (Å²) in [7, 11) is 0. The Balaban J connectivity index is 1.55. The SMILES string of the molecule is CC(NC(=S)Nc1ccc2c(c1)OCO2)C1CCCO1. The maximum absolute atomic E-state index is 5.64. The van der Waals surface area contributed by atoms with Crippen molar-refractivity contribution in [2.24, 2.45) is 0 Å². The van der Waals surface area contributed by atoms with E-state index in [2.05, 4.69) is 17.6 Å². The van der Waals surface area contributed by atoms with E-state index in [-0.39, 0.29) is 18.9 Å². The summed E-state index contributed by atoms with van der Waals surface area (Å²) in [6, 6.07) is 5.87. The lowest BCUT2D eigenvalue weighted by molar-refractivity contribution is 0.0895. The molecule has 0 amide bonds. The van der Waals surface area contributed by atoms with Gasteiger partial charge in [-0.15, -0.1) is 0 Å². The van der Waals surface area contributed by atoms with Gasteiger partial charge in [-0.1, -0.05) is 0 Å². The van der Waals surface area contributed by atoms with Gasteiger partial charge in [-0.25, -0.2) is 0 Å². The van der Waals surface area contributed by atoms with Crippen molar-refractivity contribution in [2.75, 3.05) is 18.7 Å². The van der Waals surface area contributed by atoms with Crippen LogP contribution in [-0.2, 0) is 4.74 Å². The molecule has 2 atom stereocenters. The van der Waals surface area contributed by atoms with Crippen LogP contribution in [0.1, 0.15) is 19.8 Å². The van der Waals surface area contributed by atoms with Crippen molar-refractivity contribution in [2.45, 2.75) is 31.9 Å². The predicted molar refractivity (Wildman–Crippen MR) is 80.4 cm³/mol. The van der Waals surface area contributed by atoms with Crippen LogP contribution < -0.4 is 20.1 Å². The highest BCUT2D eigenvalue weighted by Crippen LogP contribution is 2.34. The van der Waals surface area contributed by atoms with Gasteiger partial charge in [-0.3, -0.25) is 0 Å². The van der Waals surface area contributed by atoms with Gasteiger partial charge in [0.15, 0.2) is 16.6 Å². The van der Waals surface area contributed by atoms with Crippen molar-refractivity contribution in [3.63, 3.8) is 0 Å². The first-order chi connectivity index (χ1) is 9.72. The normalized spacial score (nSPS) is 21.6. The number of ether oxygens (including phenoxy) is 3. The molecule has 1 aromatic rings. The molecular weight excluding hydrogens is 276 g/mol. The summed E-state index contributed by atoms with van der Waals surface area (Å²) in [5.74, 6) is 1.51. The highest BCUT2D eigenvalue weighted by atomic mass is 32.1. The van der Waals surface area contributed by atoms with E-state index in [0.717, 1.165) is 36.6 Å². The zero-order valence-corrected chi connectivity index (χ0v) is 12.2. The molecule has 0 aromatic heterocycles. The van der Waals surface area contributed by atoms with E-state index in [1.807, 2.05) is 18.2 Å². The predicted octanol–water partition coefficient (Wildman–Crippen LogP) is 2.27. The molecule has 0 radical (unpaired) electrons. The standard InChI is InChI=1S/C14H18N2O3S/c1-9(11-3-2-6-17-11)15-14(20)16-10-4-5-12-13(7-10)19-8-18-12/h4-5,7,9,11H,2-3,6,8H2,1H3,(H2,15,16,20). The van der Waals surface area contributed by atoms with Gasteiger partial charge in [-0.05, 0) is 44.1 Å². The fraction of sp³-hybridized carbons (Fsp3) is 0.500. The zero-order chi connectivity index (χ0) is 13.9. The van der Waals surface area contributed by atoms with E-state index in [1.165, 1.54) is 0 Å². The van der Waals surface area contributed by atoms with Crippen molar-refractivity contribution in [1.82, 2.24) is 5.32 Å². The third-order valence-electron chi connectivity index (χ3n) is 3.51. The average Bonchev–Trinajstić information content (AvgIpc) is 3.09. The van der Waals surface area contributed by atoms with Crippen molar-refractivity contribution in [3.8, 4) is 11.5 Å². The van der Waals surface area contributed by atoms with Crippen LogP contribution >= 0.6 is 12.2 Å². The first-order valence-electron chi connectivity index (χ1n) is 6.81. The highest BCUT2D eigenvalue weighted by molar-refractivity contribution is 7.80. The molecular formula is C14H18N2O3S. The number of nitrogens with one attached hydrogen (secondary N) is 2. The Morgan fingerprint density at radius 1 is 1.35 bits per heavy atom. The van der Waals surface area contributed by atoms with Crippen LogP contribution in [0.2, 0.25) is 0 Å². The summed E-state index contributed by atoms with van der Waals surface area (Å²) in [6.07, 6.45) is 2.45. The van der Waals surface area contributed by atoms with Gasteiger partial charge >= 0.3 is 0 Å². The molecule has 6 heteroatoms. The number of benzene rings is 1. The Morgan fingerprint density at radius 2 is 2.20 bits per heavy atom. The molecule has 1 saturated heterocycles. The Bertz CT molecular complexity index is 503. The Hall–Kier alpha value is -1.53. The largest absolute Gasteiger partial charge is 0.454 e. The lowest BCUT2D eigenvalue weighted by atomic mass is 10.1. The van der Waals surface area contributed by atoms with Gasteiger partial charge in [-0.2, -0.15) is 0 Å². The molecule has 3 rings (SSSR count). The monoisotopic (exact) mass is 294 g/mol. The quantitative estimate of drug-likeness (QED) is 0.834. The summed E-state index contributed by atoms with van der Waals surface area (Å²) in [5.41, 5.74) is 0.881. The highest BCUT2D eigenvalue weighted by Gasteiger charge is 2.22. The minimum atomic E-state index is 0.200. The Kier molecular flexibility index (Phi) is 3.93. The molecule has 0 aliphatic carbocycles. The molecule has 1 fully saturated rings. The van der Waals surface area contributed by atoms with Crippen LogP contribution in [0, 0.1) is 0 Å². The number of thiocarbonyl (C=S) groups is 1. The third-order valence-corrected chi connectivity index (χ3v) is 3.73. The van der Waals surface area contributed by atoms with Crippen LogP contribution in [0.3, 0.4) is 0 Å². The van der Waals surface area contributed by atoms with Crippen LogP contribution in [-0.4, -0.2) is 30.7 Å². The second-order valence-corrected chi connectivity index (χ2v) is 5.41. The molecule has 0 bridgehead atoms. The molecule has 2 aliphatic rings. The molecule has 5 nitrogen and oxygen atoms in total. The number of rotatable bonds is 3. The molecule has 0 spiro atoms. The molecule has 1 aromatic carbocycles. The van der Waals surface area contributed by atoms with Crippen molar-refractivity contribution in [3.05, 3.63) is 18.2 Å². The van der Waals surface area contributed by atoms with Crippen molar-refractivity contribution >= 4 is 23.0 Å². The fourth-order valence-corrected chi connectivity index (χ4v) is 2.74. The molecule has 108 valence electrons. The summed E-state index contributed by atoms with van der Waals surface area (Å²) < 4.78 is 16.3. The van der Waals surface area contributed by atoms with Crippen molar-refractivity contribution < 1.29 is 14.2 Å². The van der Waals surface area contributed by atoms with Gasteiger partial charge in [0, 0.05) is 18.4 Å². The molecule has 0 saturated carbocycles. The smallest absolute Gasteiger partial charge is 0.231 e. The Labute approximate surface area is 123 Å². The first kappa shape index (κ1) is 13.5. The summed E-state index contributed by atoms with van der Waals surface area (Å²) in [5, 5.41) is 7.01. The fourth-order valence-electron chi connectivity index (χ4n) is 2.44. The Morgan fingerprint density at radius 3 is 3.00 bits per heavy atom. The van der Waals surface area contributed by atoms with Gasteiger partial charge in [0.1, 0.15) is 0 Å². The summed E-state index contributed by atoms with van der Waals surface area (Å²) >= 11 is 5.33. The minimum absolute atomic E-state index is 0.200. The van der Waals surface area contributed by atoms with E-state index in [1.54, 1.807) is 0 Å². The van der Waals surface area contributed by atoms with Gasteiger partial charge < -0.3 is 24.8 Å². The molecule has 2 unspecified atom stereocenters. The van der Waals surface area contributed by atoms with E-state index in [4.69, 9.17) is 26.4 Å². The lowest BCUT2D eigenvalue weighted by Gasteiger charge is -2.22. The first-order valence-corrected chi connectivity index (χ1v) is 7.22. The third kappa shape index (κ3) is 2.96. The second kappa shape index (κ2) is 5.85. The molecule has 2 aliphatic heterocycles. The molecule has 2 N–H and O–H groups in total. The minimum Gasteiger partial charge on any atom is -0.454 e. The number of fused-ring (bicyclic) bond motifs is 1. The topological polar surface area (TPSA) is 51.8 Å². The maximum atomic E-state index is 5.64. The van der Waals surface area contributed by atoms with Crippen LogP contribution in [0.25, 0.3) is 0 Å². The maximum Gasteiger partial charge on any atom is 0.231 e. The van der Waals surface area contributed by atoms with Crippen LogP contribution in [0.5, 0.6) is 11.5 Å². The second-order valence-electron chi connectivity index (χ2n) is 5.01. The van der Waals surface area contributed by atoms with Crippen LogP contribution in [0.15, 0.2) is 18.2 Å². The number of hydrogen-bond donors (Lipinski definition) is 2. The van der Waals surface area contributed by atoms with E-state index in [0.29, 0.717) is 5.11 Å². The van der Waals surface area contributed by atoms with Gasteiger partial charge in [0.2, 0.25) is 6.79 Å². The summed E-state index contributed by atoms with van der Waals surface area (Å²) in [6.45, 7) is 3.21. The van der Waals surface area contributed by atoms with Gasteiger partial charge in [0.05, 0.1) is 12.1 Å². The van der Waals surface area contributed by atoms with Gasteiger partial charge in [0.25, 0.3) is 0 Å².